The van der Waals surface area contributed by atoms with Crippen LogP contribution in [0.3, 0.4) is 0 Å². The van der Waals surface area contributed by atoms with Crippen LogP contribution >= 0.6 is 0 Å². The zero-order chi connectivity index (χ0) is 15.0. The quantitative estimate of drug-likeness (QED) is 0.802. The number of rotatable bonds is 3. The van der Waals surface area contributed by atoms with Crippen molar-refractivity contribution in [2.24, 2.45) is 0 Å². The van der Waals surface area contributed by atoms with Gasteiger partial charge in [-0.25, -0.2) is 4.98 Å². The standard InChI is InChI=1S/C15H16N4O2/c1-9-4-12-13(5-10(9)2)19(8-16-12)7-15(20)17-14-6-11(3)21-18-14/h4-6,8H,7H2,1-3H3,(H,17,18,20). The number of amides is 1. The zero-order valence-corrected chi connectivity index (χ0v) is 12.2. The summed E-state index contributed by atoms with van der Waals surface area (Å²) in [6.07, 6.45) is 1.68. The topological polar surface area (TPSA) is 73.0 Å². The molecule has 1 N–H and O–H groups in total. The smallest absolute Gasteiger partial charge is 0.245 e. The van der Waals surface area contributed by atoms with E-state index < -0.39 is 0 Å². The van der Waals surface area contributed by atoms with Gasteiger partial charge in [0.05, 0.1) is 17.4 Å². The highest BCUT2D eigenvalue weighted by Gasteiger charge is 2.10. The van der Waals surface area contributed by atoms with Gasteiger partial charge in [-0.2, -0.15) is 0 Å². The minimum absolute atomic E-state index is 0.166. The molecule has 0 spiro atoms. The number of hydrogen-bond donors (Lipinski definition) is 1. The monoisotopic (exact) mass is 284 g/mol. The van der Waals surface area contributed by atoms with Crippen LogP contribution in [0.1, 0.15) is 16.9 Å². The van der Waals surface area contributed by atoms with Gasteiger partial charge in [-0.3, -0.25) is 4.79 Å². The highest BCUT2D eigenvalue weighted by atomic mass is 16.5. The highest BCUT2D eigenvalue weighted by Crippen LogP contribution is 2.18. The summed E-state index contributed by atoms with van der Waals surface area (Å²) in [5.41, 5.74) is 4.21. The minimum atomic E-state index is -0.166. The number of anilines is 1. The van der Waals surface area contributed by atoms with E-state index in [1.165, 1.54) is 11.1 Å². The summed E-state index contributed by atoms with van der Waals surface area (Å²) in [4.78, 5) is 16.4. The summed E-state index contributed by atoms with van der Waals surface area (Å²) >= 11 is 0. The molecule has 0 saturated heterocycles. The number of nitrogens with zero attached hydrogens (tertiary/aromatic N) is 3. The number of carbonyl (C=O) groups is 1. The zero-order valence-electron chi connectivity index (χ0n) is 12.2. The molecule has 0 atom stereocenters. The van der Waals surface area contributed by atoms with Crippen molar-refractivity contribution >= 4 is 22.8 Å². The van der Waals surface area contributed by atoms with Gasteiger partial charge < -0.3 is 14.4 Å². The van der Waals surface area contributed by atoms with Crippen LogP contribution in [0.2, 0.25) is 0 Å². The Labute approximate surface area is 121 Å². The van der Waals surface area contributed by atoms with Crippen molar-refractivity contribution < 1.29 is 9.32 Å². The second-order valence-electron chi connectivity index (χ2n) is 5.17. The number of carbonyl (C=O) groups excluding carboxylic acids is 1. The molecule has 0 aliphatic heterocycles. The van der Waals surface area contributed by atoms with Gasteiger partial charge in [-0.05, 0) is 44.0 Å². The van der Waals surface area contributed by atoms with Crippen molar-refractivity contribution in [3.05, 3.63) is 41.4 Å². The van der Waals surface area contributed by atoms with Gasteiger partial charge in [0.2, 0.25) is 5.91 Å². The number of nitrogens with one attached hydrogen (secondary N) is 1. The van der Waals surface area contributed by atoms with Crippen LogP contribution in [0.4, 0.5) is 5.82 Å². The molecule has 6 nitrogen and oxygen atoms in total. The van der Waals surface area contributed by atoms with Gasteiger partial charge in [0.15, 0.2) is 5.82 Å². The maximum Gasteiger partial charge on any atom is 0.245 e. The maximum atomic E-state index is 12.0. The fourth-order valence-corrected chi connectivity index (χ4v) is 2.20. The van der Waals surface area contributed by atoms with Crippen LogP contribution < -0.4 is 5.32 Å². The van der Waals surface area contributed by atoms with Crippen molar-refractivity contribution in [3.63, 3.8) is 0 Å². The van der Waals surface area contributed by atoms with E-state index in [1.54, 1.807) is 19.3 Å². The maximum absolute atomic E-state index is 12.0. The summed E-state index contributed by atoms with van der Waals surface area (Å²) in [6.45, 7) is 6.06. The Morgan fingerprint density at radius 1 is 1.24 bits per heavy atom. The van der Waals surface area contributed by atoms with Gasteiger partial charge in [0, 0.05) is 6.07 Å². The fourth-order valence-electron chi connectivity index (χ4n) is 2.20. The first kappa shape index (κ1) is 13.4. The minimum Gasteiger partial charge on any atom is -0.360 e. The van der Waals surface area contributed by atoms with Gasteiger partial charge in [-0.1, -0.05) is 5.16 Å². The van der Waals surface area contributed by atoms with E-state index in [2.05, 4.69) is 15.5 Å². The molecule has 6 heteroatoms. The Kier molecular flexibility index (Phi) is 3.21. The first-order chi connectivity index (χ1) is 10.0. The van der Waals surface area contributed by atoms with Crippen LogP contribution in [0.25, 0.3) is 11.0 Å². The molecule has 0 unspecified atom stereocenters. The summed E-state index contributed by atoms with van der Waals surface area (Å²) < 4.78 is 6.74. The number of aryl methyl sites for hydroxylation is 3. The Balaban J connectivity index is 1.81. The van der Waals surface area contributed by atoms with E-state index in [0.29, 0.717) is 11.6 Å². The molecule has 0 fully saturated rings. The number of imidazole rings is 1. The molecule has 2 heterocycles. The van der Waals surface area contributed by atoms with Gasteiger partial charge in [0.25, 0.3) is 0 Å². The van der Waals surface area contributed by atoms with E-state index in [0.717, 1.165) is 11.0 Å². The number of hydrogen-bond acceptors (Lipinski definition) is 4. The van der Waals surface area contributed by atoms with Crippen molar-refractivity contribution in [2.75, 3.05) is 5.32 Å². The molecular formula is C15H16N4O2. The number of fused-ring (bicyclic) bond motifs is 1. The van der Waals surface area contributed by atoms with Crippen LogP contribution in [-0.4, -0.2) is 20.6 Å². The predicted molar refractivity (Wildman–Crippen MR) is 79.1 cm³/mol. The van der Waals surface area contributed by atoms with Crippen LogP contribution in [-0.2, 0) is 11.3 Å². The summed E-state index contributed by atoms with van der Waals surface area (Å²) in [5, 5.41) is 6.44. The average Bonchev–Trinajstić information content (AvgIpc) is 2.98. The predicted octanol–water partition coefficient (Wildman–Crippen LogP) is 2.59. The van der Waals surface area contributed by atoms with Gasteiger partial charge in [-0.15, -0.1) is 0 Å². The summed E-state index contributed by atoms with van der Waals surface area (Å²) in [6, 6.07) is 5.75. The third-order valence-corrected chi connectivity index (χ3v) is 3.45. The Morgan fingerprint density at radius 3 is 2.71 bits per heavy atom. The van der Waals surface area contributed by atoms with Crippen molar-refractivity contribution in [3.8, 4) is 0 Å². The second-order valence-corrected chi connectivity index (χ2v) is 5.17. The lowest BCUT2D eigenvalue weighted by Gasteiger charge is -2.05. The average molecular weight is 284 g/mol. The van der Waals surface area contributed by atoms with Gasteiger partial charge >= 0.3 is 0 Å². The Morgan fingerprint density at radius 2 is 2.00 bits per heavy atom. The fraction of sp³-hybridized carbons (Fsp3) is 0.267. The third kappa shape index (κ3) is 2.65. The van der Waals surface area contributed by atoms with Crippen LogP contribution in [0.5, 0.6) is 0 Å². The van der Waals surface area contributed by atoms with E-state index in [4.69, 9.17) is 4.52 Å². The highest BCUT2D eigenvalue weighted by molar-refractivity contribution is 5.90. The molecule has 0 saturated carbocycles. The lowest BCUT2D eigenvalue weighted by Crippen LogP contribution is -2.18. The molecule has 1 amide bonds. The SMILES string of the molecule is Cc1cc(NC(=O)Cn2cnc3cc(C)c(C)cc32)no1. The first-order valence-corrected chi connectivity index (χ1v) is 6.68. The van der Waals surface area contributed by atoms with Crippen molar-refractivity contribution in [1.82, 2.24) is 14.7 Å². The molecule has 2 aromatic heterocycles. The van der Waals surface area contributed by atoms with E-state index in [9.17, 15) is 4.79 Å². The molecule has 3 rings (SSSR count). The Bertz CT molecular complexity index is 816. The molecular weight excluding hydrogens is 268 g/mol. The van der Waals surface area contributed by atoms with Crippen LogP contribution in [0.15, 0.2) is 29.0 Å². The molecule has 21 heavy (non-hydrogen) atoms. The van der Waals surface area contributed by atoms with E-state index in [1.807, 2.05) is 30.5 Å². The first-order valence-electron chi connectivity index (χ1n) is 6.68. The van der Waals surface area contributed by atoms with E-state index >= 15 is 0 Å². The number of benzene rings is 1. The Hall–Kier alpha value is -2.63. The molecule has 0 aliphatic carbocycles. The van der Waals surface area contributed by atoms with Crippen molar-refractivity contribution in [1.29, 1.82) is 0 Å². The molecule has 3 aromatic rings. The van der Waals surface area contributed by atoms with Gasteiger partial charge in [0.1, 0.15) is 12.3 Å². The second kappa shape index (κ2) is 5.05. The summed E-state index contributed by atoms with van der Waals surface area (Å²) in [5.74, 6) is 0.916. The normalized spacial score (nSPS) is 11.0. The lowest BCUT2D eigenvalue weighted by molar-refractivity contribution is -0.116. The largest absolute Gasteiger partial charge is 0.360 e. The molecule has 0 aliphatic rings. The lowest BCUT2D eigenvalue weighted by atomic mass is 10.1. The molecule has 108 valence electrons. The van der Waals surface area contributed by atoms with Crippen LogP contribution in [0, 0.1) is 20.8 Å². The molecule has 1 aromatic carbocycles. The van der Waals surface area contributed by atoms with E-state index in [-0.39, 0.29) is 12.5 Å². The number of aromatic nitrogens is 3. The third-order valence-electron chi connectivity index (χ3n) is 3.45. The molecule has 0 radical (unpaired) electrons. The molecule has 0 bridgehead atoms. The summed E-state index contributed by atoms with van der Waals surface area (Å²) in [7, 11) is 0. The van der Waals surface area contributed by atoms with Crippen molar-refractivity contribution in [2.45, 2.75) is 27.3 Å².